The molecule has 0 spiro atoms. The summed E-state index contributed by atoms with van der Waals surface area (Å²) in [5.41, 5.74) is 0.524. The SMILES string of the molecule is COCc1nc(N2CCCC2CN(C)C)sc1C(=O)O. The van der Waals surface area contributed by atoms with Gasteiger partial charge in [0.15, 0.2) is 5.13 Å². The first-order chi connectivity index (χ1) is 9.52. The Labute approximate surface area is 123 Å². The number of ether oxygens (including phenoxy) is 1. The average Bonchev–Trinajstić information content (AvgIpc) is 2.95. The quantitative estimate of drug-likeness (QED) is 0.859. The summed E-state index contributed by atoms with van der Waals surface area (Å²) in [5, 5.41) is 10.1. The maximum absolute atomic E-state index is 11.3. The number of hydrogen-bond donors (Lipinski definition) is 1. The Morgan fingerprint density at radius 3 is 2.95 bits per heavy atom. The van der Waals surface area contributed by atoms with Crippen LogP contribution in [0.25, 0.3) is 0 Å². The highest BCUT2D eigenvalue weighted by atomic mass is 32.1. The van der Waals surface area contributed by atoms with Crippen molar-refractivity contribution in [2.24, 2.45) is 0 Å². The summed E-state index contributed by atoms with van der Waals surface area (Å²) in [7, 11) is 5.66. The van der Waals surface area contributed by atoms with Crippen LogP contribution in [-0.2, 0) is 11.3 Å². The van der Waals surface area contributed by atoms with Crippen LogP contribution in [0, 0.1) is 0 Å². The fraction of sp³-hybridized carbons (Fsp3) is 0.692. The number of hydrogen-bond acceptors (Lipinski definition) is 6. The predicted molar refractivity (Wildman–Crippen MR) is 78.7 cm³/mol. The number of carbonyl (C=O) groups is 1. The van der Waals surface area contributed by atoms with Crippen LogP contribution in [0.15, 0.2) is 0 Å². The number of thiazole rings is 1. The molecule has 112 valence electrons. The van der Waals surface area contributed by atoms with E-state index in [1.54, 1.807) is 7.11 Å². The van der Waals surface area contributed by atoms with Gasteiger partial charge >= 0.3 is 5.97 Å². The van der Waals surface area contributed by atoms with Crippen LogP contribution in [0.3, 0.4) is 0 Å². The lowest BCUT2D eigenvalue weighted by Crippen LogP contribution is -2.37. The lowest BCUT2D eigenvalue weighted by Gasteiger charge is -2.26. The van der Waals surface area contributed by atoms with Crippen LogP contribution in [0.5, 0.6) is 0 Å². The Balaban J connectivity index is 2.23. The molecule has 1 fully saturated rings. The van der Waals surface area contributed by atoms with Crippen LogP contribution < -0.4 is 4.90 Å². The van der Waals surface area contributed by atoms with Crippen LogP contribution in [0.4, 0.5) is 5.13 Å². The Hall–Kier alpha value is -1.18. The van der Waals surface area contributed by atoms with Gasteiger partial charge in [-0.1, -0.05) is 11.3 Å². The number of carboxylic acids is 1. The van der Waals surface area contributed by atoms with Gasteiger partial charge < -0.3 is 19.6 Å². The number of methoxy groups -OCH3 is 1. The van der Waals surface area contributed by atoms with Gasteiger partial charge in [-0.15, -0.1) is 0 Å². The third-order valence-electron chi connectivity index (χ3n) is 3.36. The van der Waals surface area contributed by atoms with Crippen molar-refractivity contribution in [3.05, 3.63) is 10.6 Å². The fourth-order valence-electron chi connectivity index (χ4n) is 2.56. The van der Waals surface area contributed by atoms with E-state index in [-0.39, 0.29) is 11.5 Å². The molecule has 1 atom stereocenters. The number of likely N-dealkylation sites (N-methyl/N-ethyl adjacent to an activating group) is 1. The van der Waals surface area contributed by atoms with Gasteiger partial charge in [0, 0.05) is 26.2 Å². The molecule has 2 heterocycles. The number of carboxylic acid groups (broad SMARTS) is 1. The molecule has 0 saturated carbocycles. The molecule has 1 N–H and O–H groups in total. The molecular formula is C13H21N3O3S. The monoisotopic (exact) mass is 299 g/mol. The Morgan fingerprint density at radius 1 is 1.60 bits per heavy atom. The van der Waals surface area contributed by atoms with E-state index < -0.39 is 5.97 Å². The predicted octanol–water partition coefficient (Wildman–Crippen LogP) is 1.52. The molecule has 1 aliphatic rings. The average molecular weight is 299 g/mol. The second-order valence-electron chi connectivity index (χ2n) is 5.26. The molecule has 1 aromatic heterocycles. The van der Waals surface area contributed by atoms with Crippen molar-refractivity contribution in [2.45, 2.75) is 25.5 Å². The Kier molecular flexibility index (Phi) is 4.95. The van der Waals surface area contributed by atoms with Crippen LogP contribution in [0.1, 0.15) is 28.2 Å². The molecule has 0 aromatic carbocycles. The van der Waals surface area contributed by atoms with Crippen molar-refractivity contribution >= 4 is 22.4 Å². The van der Waals surface area contributed by atoms with Crippen LogP contribution in [-0.4, -0.2) is 61.3 Å². The third kappa shape index (κ3) is 3.28. The zero-order valence-corrected chi connectivity index (χ0v) is 12.9. The summed E-state index contributed by atoms with van der Waals surface area (Å²) in [4.78, 5) is 20.4. The standard InChI is InChI=1S/C13H21N3O3S/c1-15(2)7-9-5-4-6-16(9)13-14-10(8-19-3)11(20-13)12(17)18/h9H,4-8H2,1-3H3,(H,17,18). The summed E-state index contributed by atoms with van der Waals surface area (Å²) < 4.78 is 5.04. The first kappa shape index (κ1) is 15.2. The van der Waals surface area contributed by atoms with Gasteiger partial charge in [-0.3, -0.25) is 0 Å². The van der Waals surface area contributed by atoms with E-state index in [0.717, 1.165) is 31.1 Å². The molecule has 1 saturated heterocycles. The molecule has 0 amide bonds. The molecule has 1 aromatic rings. The smallest absolute Gasteiger partial charge is 0.347 e. The summed E-state index contributed by atoms with van der Waals surface area (Å²) in [6.07, 6.45) is 2.25. The van der Waals surface area contributed by atoms with Gasteiger partial charge in [0.1, 0.15) is 4.88 Å². The summed E-state index contributed by atoms with van der Waals surface area (Å²) in [5.74, 6) is -0.927. The molecule has 0 radical (unpaired) electrons. The summed E-state index contributed by atoms with van der Waals surface area (Å²) in [6, 6.07) is 0.410. The van der Waals surface area contributed by atoms with Crippen LogP contribution in [0.2, 0.25) is 0 Å². The number of aromatic carboxylic acids is 1. The Morgan fingerprint density at radius 2 is 2.35 bits per heavy atom. The number of nitrogens with zero attached hydrogens (tertiary/aromatic N) is 3. The first-order valence-corrected chi connectivity index (χ1v) is 7.48. The fourth-order valence-corrected chi connectivity index (χ4v) is 3.57. The van der Waals surface area contributed by atoms with E-state index in [2.05, 4.69) is 28.9 Å². The lowest BCUT2D eigenvalue weighted by atomic mass is 10.2. The molecule has 20 heavy (non-hydrogen) atoms. The van der Waals surface area contributed by atoms with Gasteiger partial charge in [0.05, 0.1) is 12.3 Å². The Bertz CT molecular complexity index is 475. The van der Waals surface area contributed by atoms with E-state index in [0.29, 0.717) is 11.7 Å². The minimum absolute atomic E-state index is 0.240. The van der Waals surface area contributed by atoms with Crippen molar-refractivity contribution < 1.29 is 14.6 Å². The normalized spacial score (nSPS) is 19.0. The molecule has 0 bridgehead atoms. The molecule has 1 aliphatic heterocycles. The van der Waals surface area contributed by atoms with E-state index in [1.807, 2.05) is 0 Å². The van der Waals surface area contributed by atoms with Gasteiger partial charge in [-0.2, -0.15) is 0 Å². The highest BCUT2D eigenvalue weighted by Crippen LogP contribution is 2.32. The van der Waals surface area contributed by atoms with E-state index in [1.165, 1.54) is 11.3 Å². The molecule has 7 heteroatoms. The third-order valence-corrected chi connectivity index (χ3v) is 4.48. The maximum atomic E-state index is 11.3. The topological polar surface area (TPSA) is 65.9 Å². The zero-order valence-electron chi connectivity index (χ0n) is 12.1. The van der Waals surface area contributed by atoms with E-state index >= 15 is 0 Å². The van der Waals surface area contributed by atoms with Gasteiger partial charge in [0.25, 0.3) is 0 Å². The minimum atomic E-state index is -0.927. The second kappa shape index (κ2) is 6.51. The molecular weight excluding hydrogens is 278 g/mol. The van der Waals surface area contributed by atoms with Crippen molar-refractivity contribution in [2.75, 3.05) is 39.2 Å². The van der Waals surface area contributed by atoms with Crippen LogP contribution >= 0.6 is 11.3 Å². The van der Waals surface area contributed by atoms with Gasteiger partial charge in [0.2, 0.25) is 0 Å². The number of rotatable bonds is 6. The van der Waals surface area contributed by atoms with E-state index in [4.69, 9.17) is 4.74 Å². The van der Waals surface area contributed by atoms with Gasteiger partial charge in [-0.05, 0) is 26.9 Å². The first-order valence-electron chi connectivity index (χ1n) is 6.66. The maximum Gasteiger partial charge on any atom is 0.347 e. The largest absolute Gasteiger partial charge is 0.477 e. The zero-order chi connectivity index (χ0) is 14.7. The van der Waals surface area contributed by atoms with Crippen molar-refractivity contribution in [1.82, 2.24) is 9.88 Å². The second-order valence-corrected chi connectivity index (χ2v) is 6.24. The molecule has 6 nitrogen and oxygen atoms in total. The highest BCUT2D eigenvalue weighted by Gasteiger charge is 2.29. The number of anilines is 1. The lowest BCUT2D eigenvalue weighted by molar-refractivity contribution is 0.0697. The van der Waals surface area contributed by atoms with Crippen molar-refractivity contribution in [1.29, 1.82) is 0 Å². The van der Waals surface area contributed by atoms with E-state index in [9.17, 15) is 9.90 Å². The molecule has 0 aliphatic carbocycles. The molecule has 2 rings (SSSR count). The molecule has 1 unspecified atom stereocenters. The minimum Gasteiger partial charge on any atom is -0.477 e. The van der Waals surface area contributed by atoms with Gasteiger partial charge in [-0.25, -0.2) is 9.78 Å². The number of aromatic nitrogens is 1. The summed E-state index contributed by atoms with van der Waals surface area (Å²) >= 11 is 1.25. The van der Waals surface area contributed by atoms with Crippen molar-refractivity contribution in [3.8, 4) is 0 Å². The summed E-state index contributed by atoms with van der Waals surface area (Å²) in [6.45, 7) is 2.14. The highest BCUT2D eigenvalue weighted by molar-refractivity contribution is 7.17. The van der Waals surface area contributed by atoms with Crippen molar-refractivity contribution in [3.63, 3.8) is 0 Å².